The smallest absolute Gasteiger partial charge is 0.248 e. The number of rotatable bonds is 7. The Labute approximate surface area is 122 Å². The van der Waals surface area contributed by atoms with E-state index >= 15 is 0 Å². The Balaban J connectivity index is 2.94. The standard InChI is InChI=1S/C14H20N4O3/c1-2-8(7-15)3-12(19)18-11-5-9(13(16)20)4-10(6-11)14(17)21/h4-6,8H,2-3,7,15H2,1H3,(H2,16,20)(H2,17,21)(H,18,19). The molecule has 0 bridgehead atoms. The van der Waals surface area contributed by atoms with Crippen molar-refractivity contribution in [3.05, 3.63) is 29.3 Å². The first-order valence-corrected chi connectivity index (χ1v) is 6.62. The van der Waals surface area contributed by atoms with Crippen molar-refractivity contribution in [1.82, 2.24) is 0 Å². The van der Waals surface area contributed by atoms with Gasteiger partial charge in [0.05, 0.1) is 0 Å². The van der Waals surface area contributed by atoms with Gasteiger partial charge < -0.3 is 22.5 Å². The van der Waals surface area contributed by atoms with E-state index in [0.29, 0.717) is 12.2 Å². The average molecular weight is 292 g/mol. The van der Waals surface area contributed by atoms with Crippen molar-refractivity contribution in [2.45, 2.75) is 19.8 Å². The molecule has 21 heavy (non-hydrogen) atoms. The maximum atomic E-state index is 11.9. The van der Waals surface area contributed by atoms with Crippen LogP contribution in [0, 0.1) is 5.92 Å². The zero-order valence-electron chi connectivity index (χ0n) is 11.9. The second-order valence-corrected chi connectivity index (χ2v) is 4.79. The van der Waals surface area contributed by atoms with Gasteiger partial charge in [0.15, 0.2) is 0 Å². The van der Waals surface area contributed by atoms with E-state index in [9.17, 15) is 14.4 Å². The maximum absolute atomic E-state index is 11.9. The molecule has 1 unspecified atom stereocenters. The normalized spacial score (nSPS) is 11.7. The van der Waals surface area contributed by atoms with Crippen LogP contribution in [0.25, 0.3) is 0 Å². The Hall–Kier alpha value is -2.41. The number of benzene rings is 1. The number of hydrogen-bond acceptors (Lipinski definition) is 4. The molecule has 7 heteroatoms. The number of hydrogen-bond donors (Lipinski definition) is 4. The fourth-order valence-electron chi connectivity index (χ4n) is 1.85. The van der Waals surface area contributed by atoms with Crippen molar-refractivity contribution < 1.29 is 14.4 Å². The van der Waals surface area contributed by atoms with Crippen LogP contribution in [-0.4, -0.2) is 24.3 Å². The highest BCUT2D eigenvalue weighted by molar-refractivity contribution is 6.01. The van der Waals surface area contributed by atoms with E-state index in [1.54, 1.807) is 0 Å². The average Bonchev–Trinajstić information content (AvgIpc) is 2.44. The van der Waals surface area contributed by atoms with Crippen LogP contribution in [0.2, 0.25) is 0 Å². The van der Waals surface area contributed by atoms with Crippen LogP contribution >= 0.6 is 0 Å². The molecule has 0 radical (unpaired) electrons. The van der Waals surface area contributed by atoms with E-state index in [1.165, 1.54) is 18.2 Å². The molecule has 0 fully saturated rings. The van der Waals surface area contributed by atoms with Crippen molar-refractivity contribution >= 4 is 23.4 Å². The third kappa shape index (κ3) is 4.88. The van der Waals surface area contributed by atoms with Gasteiger partial charge in [-0.25, -0.2) is 0 Å². The summed E-state index contributed by atoms with van der Waals surface area (Å²) in [6.45, 7) is 2.36. The third-order valence-electron chi connectivity index (χ3n) is 3.17. The van der Waals surface area contributed by atoms with Gasteiger partial charge in [-0.1, -0.05) is 13.3 Å². The molecular weight excluding hydrogens is 272 g/mol. The quantitative estimate of drug-likeness (QED) is 0.569. The minimum atomic E-state index is -0.706. The molecule has 3 amide bonds. The van der Waals surface area contributed by atoms with Crippen LogP contribution in [-0.2, 0) is 4.79 Å². The molecule has 0 aliphatic rings. The molecule has 114 valence electrons. The minimum Gasteiger partial charge on any atom is -0.366 e. The summed E-state index contributed by atoms with van der Waals surface area (Å²) in [6.07, 6.45) is 1.05. The third-order valence-corrected chi connectivity index (χ3v) is 3.17. The fraction of sp³-hybridized carbons (Fsp3) is 0.357. The lowest BCUT2D eigenvalue weighted by Gasteiger charge is -2.13. The van der Waals surface area contributed by atoms with Crippen LogP contribution in [0.5, 0.6) is 0 Å². The lowest BCUT2D eigenvalue weighted by atomic mass is 10.0. The van der Waals surface area contributed by atoms with Crippen LogP contribution in [0.4, 0.5) is 5.69 Å². The summed E-state index contributed by atoms with van der Waals surface area (Å²) >= 11 is 0. The Morgan fingerprint density at radius 1 is 1.10 bits per heavy atom. The molecule has 0 saturated carbocycles. The molecule has 0 aromatic heterocycles. The SMILES string of the molecule is CCC(CN)CC(=O)Nc1cc(C(N)=O)cc(C(N)=O)c1. The molecule has 1 rings (SSSR count). The summed E-state index contributed by atoms with van der Waals surface area (Å²) in [5, 5.41) is 2.62. The van der Waals surface area contributed by atoms with Crippen molar-refractivity contribution in [3.63, 3.8) is 0 Å². The molecule has 7 nitrogen and oxygen atoms in total. The molecule has 0 aliphatic heterocycles. The summed E-state index contributed by atoms with van der Waals surface area (Å²) < 4.78 is 0. The van der Waals surface area contributed by atoms with Gasteiger partial charge in [0.25, 0.3) is 0 Å². The molecule has 1 aromatic rings. The van der Waals surface area contributed by atoms with Gasteiger partial charge in [-0.15, -0.1) is 0 Å². The molecule has 0 saturated heterocycles. The highest BCUT2D eigenvalue weighted by Crippen LogP contribution is 2.16. The molecule has 1 aromatic carbocycles. The second kappa shape index (κ2) is 7.39. The highest BCUT2D eigenvalue weighted by Gasteiger charge is 2.13. The van der Waals surface area contributed by atoms with Crippen molar-refractivity contribution in [2.75, 3.05) is 11.9 Å². The number of nitrogens with one attached hydrogen (secondary N) is 1. The summed E-state index contributed by atoms with van der Waals surface area (Å²) in [6, 6.07) is 4.08. The fourth-order valence-corrected chi connectivity index (χ4v) is 1.85. The van der Waals surface area contributed by atoms with Gasteiger partial charge in [0, 0.05) is 23.2 Å². The minimum absolute atomic E-state index is 0.0833. The summed E-state index contributed by atoms with van der Waals surface area (Å²) in [5.41, 5.74) is 16.4. The van der Waals surface area contributed by atoms with Crippen molar-refractivity contribution in [3.8, 4) is 0 Å². The van der Waals surface area contributed by atoms with Crippen LogP contribution in [0.15, 0.2) is 18.2 Å². The topological polar surface area (TPSA) is 141 Å². The number of carbonyl (C=O) groups excluding carboxylic acids is 3. The van der Waals surface area contributed by atoms with Gasteiger partial charge in [-0.2, -0.15) is 0 Å². The maximum Gasteiger partial charge on any atom is 0.248 e. The van der Waals surface area contributed by atoms with Gasteiger partial charge in [-0.05, 0) is 30.7 Å². The predicted molar refractivity (Wildman–Crippen MR) is 79.6 cm³/mol. The van der Waals surface area contributed by atoms with Crippen LogP contribution < -0.4 is 22.5 Å². The van der Waals surface area contributed by atoms with Crippen molar-refractivity contribution in [2.24, 2.45) is 23.1 Å². The lowest BCUT2D eigenvalue weighted by molar-refractivity contribution is -0.117. The number of carbonyl (C=O) groups is 3. The van der Waals surface area contributed by atoms with E-state index < -0.39 is 11.8 Å². The van der Waals surface area contributed by atoms with Gasteiger partial charge in [0.1, 0.15) is 0 Å². The molecule has 7 N–H and O–H groups in total. The second-order valence-electron chi connectivity index (χ2n) is 4.79. The molecule has 0 heterocycles. The van der Waals surface area contributed by atoms with Crippen molar-refractivity contribution in [1.29, 1.82) is 0 Å². The molecule has 0 spiro atoms. The number of nitrogens with two attached hydrogens (primary N) is 3. The summed E-state index contributed by atoms with van der Waals surface area (Å²) in [7, 11) is 0. The number of primary amides is 2. The van der Waals surface area contributed by atoms with E-state index in [0.717, 1.165) is 6.42 Å². The predicted octanol–water partition coefficient (Wildman–Crippen LogP) is 0.198. The Bertz CT molecular complexity index is 521. The first-order valence-electron chi connectivity index (χ1n) is 6.62. The Kier molecular flexibility index (Phi) is 5.86. The first kappa shape index (κ1) is 16.6. The Morgan fingerprint density at radius 3 is 2.00 bits per heavy atom. The monoisotopic (exact) mass is 292 g/mol. The molecule has 1 atom stereocenters. The number of anilines is 1. The van der Waals surface area contributed by atoms with Gasteiger partial charge in [-0.3, -0.25) is 14.4 Å². The Morgan fingerprint density at radius 2 is 1.62 bits per heavy atom. The summed E-state index contributed by atoms with van der Waals surface area (Å²) in [4.78, 5) is 34.4. The zero-order chi connectivity index (χ0) is 16.0. The van der Waals surface area contributed by atoms with Gasteiger partial charge in [0.2, 0.25) is 17.7 Å². The van der Waals surface area contributed by atoms with E-state index in [1.807, 2.05) is 6.92 Å². The lowest BCUT2D eigenvalue weighted by Crippen LogP contribution is -2.22. The van der Waals surface area contributed by atoms with Gasteiger partial charge >= 0.3 is 0 Å². The molecule has 0 aliphatic carbocycles. The highest BCUT2D eigenvalue weighted by atomic mass is 16.2. The van der Waals surface area contributed by atoms with E-state index in [4.69, 9.17) is 17.2 Å². The molecular formula is C14H20N4O3. The number of amides is 3. The van der Waals surface area contributed by atoms with Crippen LogP contribution in [0.3, 0.4) is 0 Å². The van der Waals surface area contributed by atoms with Crippen LogP contribution in [0.1, 0.15) is 40.5 Å². The largest absolute Gasteiger partial charge is 0.366 e. The zero-order valence-corrected chi connectivity index (χ0v) is 11.9. The summed E-state index contributed by atoms with van der Waals surface area (Å²) in [5.74, 6) is -1.58. The first-order chi connectivity index (χ1) is 9.87. The van der Waals surface area contributed by atoms with E-state index in [-0.39, 0.29) is 29.4 Å². The van der Waals surface area contributed by atoms with E-state index in [2.05, 4.69) is 5.32 Å².